The second kappa shape index (κ2) is 6.36. The molecule has 0 aromatic carbocycles. The first-order valence-electron chi connectivity index (χ1n) is 9.06. The van der Waals surface area contributed by atoms with Gasteiger partial charge in [0.25, 0.3) is 5.56 Å². The number of pyridine rings is 1. The van der Waals surface area contributed by atoms with E-state index in [4.69, 9.17) is 5.73 Å². The largest absolute Gasteiger partial charge is 0.397 e. The average molecular weight is 338 g/mol. The van der Waals surface area contributed by atoms with E-state index in [2.05, 4.69) is 15.3 Å². The van der Waals surface area contributed by atoms with Crippen LogP contribution in [0.5, 0.6) is 0 Å². The number of fused-ring (bicyclic) bond motifs is 1. The van der Waals surface area contributed by atoms with E-state index in [1.165, 1.54) is 19.3 Å². The summed E-state index contributed by atoms with van der Waals surface area (Å²) in [6.07, 6.45) is 10.5. The molecule has 4 rings (SSSR count). The highest BCUT2D eigenvalue weighted by molar-refractivity contribution is 5.90. The molecule has 0 unspecified atom stereocenters. The van der Waals surface area contributed by atoms with E-state index in [0.29, 0.717) is 23.0 Å². The molecule has 2 aromatic heterocycles. The number of anilines is 2. The molecule has 7 nitrogen and oxygen atoms in total. The van der Waals surface area contributed by atoms with Gasteiger partial charge in [0.2, 0.25) is 5.95 Å². The van der Waals surface area contributed by atoms with Crippen molar-refractivity contribution in [3.05, 3.63) is 22.1 Å². The minimum atomic E-state index is -0.334. The van der Waals surface area contributed by atoms with E-state index in [-0.39, 0.29) is 22.9 Å². The maximum Gasteiger partial charge on any atom is 0.272 e. The first-order valence-corrected chi connectivity index (χ1v) is 9.06. The number of nitriles is 1. The molecular weight excluding hydrogens is 316 g/mol. The monoisotopic (exact) mass is 338 g/mol. The third-order valence-corrected chi connectivity index (χ3v) is 5.48. The smallest absolute Gasteiger partial charge is 0.272 e. The number of aromatic nitrogens is 3. The van der Waals surface area contributed by atoms with E-state index >= 15 is 0 Å². The van der Waals surface area contributed by atoms with Crippen molar-refractivity contribution in [1.82, 2.24) is 14.5 Å². The molecule has 0 radical (unpaired) electrons. The van der Waals surface area contributed by atoms with Crippen LogP contribution in [0, 0.1) is 11.3 Å². The molecule has 7 heteroatoms. The standard InChI is InChI=1S/C18H22N6O/c19-9-13-15(20)14-10-21-18(22-11-5-2-1-3-6-11)23-16(14)24(17(13)25)12-7-4-8-12/h10-12H,1-8,20H2,(H,21,22,23). The highest BCUT2D eigenvalue weighted by Crippen LogP contribution is 2.34. The molecule has 0 bridgehead atoms. The normalized spacial score (nSPS) is 18.7. The predicted molar refractivity (Wildman–Crippen MR) is 96.3 cm³/mol. The van der Waals surface area contributed by atoms with Crippen molar-refractivity contribution >= 4 is 22.7 Å². The first kappa shape index (κ1) is 15.9. The van der Waals surface area contributed by atoms with Crippen molar-refractivity contribution in [3.63, 3.8) is 0 Å². The number of nitrogen functional groups attached to an aromatic ring is 1. The zero-order valence-corrected chi connectivity index (χ0v) is 14.2. The van der Waals surface area contributed by atoms with Crippen molar-refractivity contribution in [2.75, 3.05) is 11.1 Å². The Balaban J connectivity index is 1.82. The molecule has 2 aliphatic carbocycles. The molecule has 3 N–H and O–H groups in total. The lowest BCUT2D eigenvalue weighted by atomic mass is 9.92. The highest BCUT2D eigenvalue weighted by Gasteiger charge is 2.26. The molecule has 25 heavy (non-hydrogen) atoms. The van der Waals surface area contributed by atoms with Crippen LogP contribution in [-0.2, 0) is 0 Å². The van der Waals surface area contributed by atoms with E-state index in [1.54, 1.807) is 10.8 Å². The Kier molecular flexibility index (Phi) is 4.04. The zero-order valence-electron chi connectivity index (χ0n) is 14.2. The van der Waals surface area contributed by atoms with Crippen molar-refractivity contribution < 1.29 is 0 Å². The number of nitrogens with one attached hydrogen (secondary N) is 1. The van der Waals surface area contributed by atoms with Gasteiger partial charge in [-0.1, -0.05) is 19.3 Å². The van der Waals surface area contributed by atoms with Crippen molar-refractivity contribution in [1.29, 1.82) is 5.26 Å². The van der Waals surface area contributed by atoms with Crippen LogP contribution in [0.2, 0.25) is 0 Å². The molecule has 0 amide bonds. The maximum atomic E-state index is 12.7. The third-order valence-electron chi connectivity index (χ3n) is 5.48. The predicted octanol–water partition coefficient (Wildman–Crippen LogP) is 2.71. The summed E-state index contributed by atoms with van der Waals surface area (Å²) < 4.78 is 1.65. The van der Waals surface area contributed by atoms with Gasteiger partial charge in [0, 0.05) is 18.3 Å². The van der Waals surface area contributed by atoms with Gasteiger partial charge in [0.05, 0.1) is 11.1 Å². The summed E-state index contributed by atoms with van der Waals surface area (Å²) in [4.78, 5) is 21.8. The second-order valence-electron chi connectivity index (χ2n) is 7.07. The molecule has 2 heterocycles. The van der Waals surface area contributed by atoms with Crippen LogP contribution in [0.15, 0.2) is 11.0 Å². The summed E-state index contributed by atoms with van der Waals surface area (Å²) in [7, 11) is 0. The molecule has 2 saturated carbocycles. The molecule has 0 aliphatic heterocycles. The fourth-order valence-electron chi connectivity index (χ4n) is 3.80. The quantitative estimate of drug-likeness (QED) is 0.890. The highest BCUT2D eigenvalue weighted by atomic mass is 16.1. The van der Waals surface area contributed by atoms with Crippen LogP contribution in [0.25, 0.3) is 11.0 Å². The van der Waals surface area contributed by atoms with Crippen LogP contribution in [-0.4, -0.2) is 20.6 Å². The summed E-state index contributed by atoms with van der Waals surface area (Å²) in [5, 5.41) is 13.3. The van der Waals surface area contributed by atoms with Gasteiger partial charge in [-0.25, -0.2) is 4.98 Å². The Hall–Kier alpha value is -2.62. The average Bonchev–Trinajstić information content (AvgIpc) is 2.58. The fraction of sp³-hybridized carbons (Fsp3) is 0.556. The molecule has 2 aromatic rings. The summed E-state index contributed by atoms with van der Waals surface area (Å²) in [6, 6.07) is 2.43. The molecular formula is C18H22N6O. The van der Waals surface area contributed by atoms with E-state index < -0.39 is 0 Å². The van der Waals surface area contributed by atoms with Crippen LogP contribution >= 0.6 is 0 Å². The van der Waals surface area contributed by atoms with Gasteiger partial charge in [-0.15, -0.1) is 0 Å². The molecule has 2 fully saturated rings. The minimum Gasteiger partial charge on any atom is -0.397 e. The third kappa shape index (κ3) is 2.72. The second-order valence-corrected chi connectivity index (χ2v) is 7.07. The Bertz CT molecular complexity index is 902. The molecule has 0 spiro atoms. The Labute approximate surface area is 145 Å². The van der Waals surface area contributed by atoms with Crippen LogP contribution in [0.1, 0.15) is 63.0 Å². The SMILES string of the molecule is N#Cc1c(N)c2cnc(NC3CCCCC3)nc2n(C2CCC2)c1=O. The summed E-state index contributed by atoms with van der Waals surface area (Å²) in [5.74, 6) is 0.538. The van der Waals surface area contributed by atoms with Crippen molar-refractivity contribution in [2.45, 2.75) is 63.5 Å². The Morgan fingerprint density at radius 3 is 2.60 bits per heavy atom. The lowest BCUT2D eigenvalue weighted by molar-refractivity contribution is 0.313. The minimum absolute atomic E-state index is 0.00371. The van der Waals surface area contributed by atoms with Crippen molar-refractivity contribution in [2.24, 2.45) is 0 Å². The van der Waals surface area contributed by atoms with Gasteiger partial charge >= 0.3 is 0 Å². The van der Waals surface area contributed by atoms with E-state index in [1.807, 2.05) is 6.07 Å². The zero-order chi connectivity index (χ0) is 17.4. The lowest BCUT2D eigenvalue weighted by Crippen LogP contribution is -2.32. The van der Waals surface area contributed by atoms with Crippen molar-refractivity contribution in [3.8, 4) is 6.07 Å². The first-order chi connectivity index (χ1) is 12.2. The van der Waals surface area contributed by atoms with Gasteiger partial charge in [0.1, 0.15) is 11.6 Å². The van der Waals surface area contributed by atoms with Gasteiger partial charge in [-0.05, 0) is 32.1 Å². The Morgan fingerprint density at radius 1 is 1.20 bits per heavy atom. The maximum absolute atomic E-state index is 12.7. The lowest BCUT2D eigenvalue weighted by Gasteiger charge is -2.29. The fourth-order valence-corrected chi connectivity index (χ4v) is 3.80. The Morgan fingerprint density at radius 2 is 1.96 bits per heavy atom. The number of hydrogen-bond donors (Lipinski definition) is 2. The summed E-state index contributed by atoms with van der Waals surface area (Å²) in [6.45, 7) is 0. The van der Waals surface area contributed by atoms with Gasteiger partial charge < -0.3 is 11.1 Å². The summed E-state index contributed by atoms with van der Waals surface area (Å²) in [5.41, 5.74) is 6.44. The molecule has 0 atom stereocenters. The van der Waals surface area contributed by atoms with Gasteiger partial charge in [-0.3, -0.25) is 9.36 Å². The number of nitrogens with two attached hydrogens (primary N) is 1. The van der Waals surface area contributed by atoms with Gasteiger partial charge in [0.15, 0.2) is 5.65 Å². The molecule has 0 saturated heterocycles. The van der Waals surface area contributed by atoms with Gasteiger partial charge in [-0.2, -0.15) is 10.2 Å². The number of nitrogens with zero attached hydrogens (tertiary/aromatic N) is 4. The number of hydrogen-bond acceptors (Lipinski definition) is 6. The van der Waals surface area contributed by atoms with E-state index in [0.717, 1.165) is 32.1 Å². The van der Waals surface area contributed by atoms with Crippen LogP contribution < -0.4 is 16.6 Å². The molecule has 2 aliphatic rings. The number of rotatable bonds is 3. The van der Waals surface area contributed by atoms with Crippen LogP contribution in [0.4, 0.5) is 11.6 Å². The molecule has 130 valence electrons. The van der Waals surface area contributed by atoms with Crippen LogP contribution in [0.3, 0.4) is 0 Å². The summed E-state index contributed by atoms with van der Waals surface area (Å²) >= 11 is 0. The van der Waals surface area contributed by atoms with E-state index in [9.17, 15) is 10.1 Å². The topological polar surface area (TPSA) is 110 Å².